The van der Waals surface area contributed by atoms with Crippen molar-refractivity contribution in [2.24, 2.45) is 7.05 Å². The van der Waals surface area contributed by atoms with Crippen molar-refractivity contribution in [1.82, 2.24) is 14.8 Å². The largest absolute Gasteiger partial charge is 0.385 e. The maximum Gasteiger partial charge on any atom is 0.134 e. The van der Waals surface area contributed by atoms with E-state index in [1.165, 1.54) is 0 Å². The minimum Gasteiger partial charge on any atom is -0.385 e. The van der Waals surface area contributed by atoms with Crippen molar-refractivity contribution in [1.29, 1.82) is 5.26 Å². The van der Waals surface area contributed by atoms with E-state index >= 15 is 0 Å². The van der Waals surface area contributed by atoms with Crippen molar-refractivity contribution < 1.29 is 0 Å². The fraction of sp³-hybridized carbons (Fsp3) is 0.250. The molecule has 1 N–H and O–H groups in total. The molecular formula is C12H12BrN5. The molecule has 0 atom stereocenters. The zero-order chi connectivity index (χ0) is 13.0. The van der Waals surface area contributed by atoms with Crippen LogP contribution in [0.2, 0.25) is 0 Å². The summed E-state index contributed by atoms with van der Waals surface area (Å²) in [6.07, 6.45) is 2.49. The topological polar surface area (TPSA) is 66.5 Å². The first-order valence-corrected chi connectivity index (χ1v) is 6.26. The SMILES string of the molecule is Cn1cnnc1CCNc1ccc(C#N)c(Br)c1. The smallest absolute Gasteiger partial charge is 0.134 e. The molecule has 0 aliphatic carbocycles. The normalized spacial score (nSPS) is 10.1. The van der Waals surface area contributed by atoms with E-state index in [9.17, 15) is 0 Å². The predicted molar refractivity (Wildman–Crippen MR) is 72.1 cm³/mol. The van der Waals surface area contributed by atoms with Gasteiger partial charge in [-0.1, -0.05) is 0 Å². The molecule has 6 heteroatoms. The molecule has 1 aromatic heterocycles. The molecule has 0 radical (unpaired) electrons. The maximum absolute atomic E-state index is 8.82. The minimum atomic E-state index is 0.633. The minimum absolute atomic E-state index is 0.633. The van der Waals surface area contributed by atoms with Gasteiger partial charge in [0, 0.05) is 30.2 Å². The zero-order valence-corrected chi connectivity index (χ0v) is 11.5. The Labute approximate surface area is 114 Å². The van der Waals surface area contributed by atoms with Gasteiger partial charge in [-0.3, -0.25) is 0 Å². The number of aromatic nitrogens is 3. The van der Waals surface area contributed by atoms with Gasteiger partial charge in [0.1, 0.15) is 18.2 Å². The predicted octanol–water partition coefficient (Wildman–Crippen LogP) is 2.10. The number of aryl methyl sites for hydroxylation is 1. The third kappa shape index (κ3) is 2.87. The Morgan fingerprint density at radius 2 is 2.33 bits per heavy atom. The summed E-state index contributed by atoms with van der Waals surface area (Å²) in [5, 5.41) is 19.9. The van der Waals surface area contributed by atoms with Gasteiger partial charge < -0.3 is 9.88 Å². The van der Waals surface area contributed by atoms with Gasteiger partial charge in [-0.25, -0.2) is 0 Å². The lowest BCUT2D eigenvalue weighted by atomic mass is 10.2. The number of rotatable bonds is 4. The molecule has 2 rings (SSSR count). The second-order valence-electron chi connectivity index (χ2n) is 3.84. The van der Waals surface area contributed by atoms with E-state index in [4.69, 9.17) is 5.26 Å². The molecule has 92 valence electrons. The molecule has 0 saturated carbocycles. The van der Waals surface area contributed by atoms with Gasteiger partial charge in [-0.15, -0.1) is 10.2 Å². The molecule has 0 spiro atoms. The molecule has 0 aliphatic rings. The average molecular weight is 306 g/mol. The number of nitrogens with zero attached hydrogens (tertiary/aromatic N) is 4. The van der Waals surface area contributed by atoms with Crippen LogP contribution in [0.3, 0.4) is 0 Å². The third-order valence-electron chi connectivity index (χ3n) is 2.57. The third-order valence-corrected chi connectivity index (χ3v) is 3.23. The summed E-state index contributed by atoms with van der Waals surface area (Å²) in [7, 11) is 1.92. The number of halogens is 1. The molecular weight excluding hydrogens is 294 g/mol. The van der Waals surface area contributed by atoms with Crippen LogP contribution >= 0.6 is 15.9 Å². The molecule has 1 heterocycles. The number of nitriles is 1. The van der Waals surface area contributed by atoms with E-state index in [0.29, 0.717) is 5.56 Å². The van der Waals surface area contributed by atoms with Gasteiger partial charge in [0.2, 0.25) is 0 Å². The van der Waals surface area contributed by atoms with E-state index < -0.39 is 0 Å². The highest BCUT2D eigenvalue weighted by Gasteiger charge is 2.02. The van der Waals surface area contributed by atoms with Crippen molar-refractivity contribution in [2.75, 3.05) is 11.9 Å². The number of hydrogen-bond acceptors (Lipinski definition) is 4. The van der Waals surface area contributed by atoms with E-state index in [1.807, 2.05) is 23.7 Å². The first-order valence-electron chi connectivity index (χ1n) is 5.47. The van der Waals surface area contributed by atoms with Crippen LogP contribution in [-0.4, -0.2) is 21.3 Å². The molecule has 0 aliphatic heterocycles. The molecule has 5 nitrogen and oxygen atoms in total. The van der Waals surface area contributed by atoms with E-state index in [0.717, 1.165) is 29.0 Å². The van der Waals surface area contributed by atoms with Gasteiger partial charge >= 0.3 is 0 Å². The summed E-state index contributed by atoms with van der Waals surface area (Å²) in [5.74, 6) is 0.940. The fourth-order valence-corrected chi connectivity index (χ4v) is 2.04. The Hall–Kier alpha value is -1.87. The van der Waals surface area contributed by atoms with Gasteiger partial charge in [0.05, 0.1) is 5.56 Å². The van der Waals surface area contributed by atoms with Crippen molar-refractivity contribution in [3.8, 4) is 6.07 Å². The van der Waals surface area contributed by atoms with Crippen LogP contribution in [0.1, 0.15) is 11.4 Å². The molecule has 0 fully saturated rings. The molecule has 0 amide bonds. The van der Waals surface area contributed by atoms with E-state index in [2.05, 4.69) is 37.5 Å². The Kier molecular flexibility index (Phi) is 3.95. The molecule has 2 aromatic rings. The highest BCUT2D eigenvalue weighted by Crippen LogP contribution is 2.20. The quantitative estimate of drug-likeness (QED) is 0.939. The highest BCUT2D eigenvalue weighted by molar-refractivity contribution is 9.10. The number of nitrogens with one attached hydrogen (secondary N) is 1. The second-order valence-corrected chi connectivity index (χ2v) is 4.70. The summed E-state index contributed by atoms with van der Waals surface area (Å²) in [6, 6.07) is 7.69. The number of anilines is 1. The molecule has 0 unspecified atom stereocenters. The lowest BCUT2D eigenvalue weighted by Gasteiger charge is -2.07. The van der Waals surface area contributed by atoms with Gasteiger partial charge in [-0.05, 0) is 34.1 Å². The van der Waals surface area contributed by atoms with Gasteiger partial charge in [-0.2, -0.15) is 5.26 Å². The Bertz CT molecular complexity index is 584. The Balaban J connectivity index is 1.93. The molecule has 0 saturated heterocycles. The number of benzene rings is 1. The van der Waals surface area contributed by atoms with Gasteiger partial charge in [0.25, 0.3) is 0 Å². The molecule has 18 heavy (non-hydrogen) atoms. The monoisotopic (exact) mass is 305 g/mol. The summed E-state index contributed by atoms with van der Waals surface area (Å²) < 4.78 is 2.70. The van der Waals surface area contributed by atoms with Crippen molar-refractivity contribution >= 4 is 21.6 Å². The lowest BCUT2D eigenvalue weighted by Crippen LogP contribution is -2.08. The Morgan fingerprint density at radius 3 is 2.94 bits per heavy atom. The standard InChI is InChI=1S/C12H12BrN5/c1-18-8-16-17-12(18)4-5-15-10-3-2-9(7-14)11(13)6-10/h2-3,6,8,15H,4-5H2,1H3. The van der Waals surface area contributed by atoms with Crippen LogP contribution in [0, 0.1) is 11.3 Å². The molecule has 0 bridgehead atoms. The average Bonchev–Trinajstić information content (AvgIpc) is 2.75. The van der Waals surface area contributed by atoms with Crippen molar-refractivity contribution in [3.05, 3.63) is 40.4 Å². The highest BCUT2D eigenvalue weighted by atomic mass is 79.9. The summed E-state index contributed by atoms with van der Waals surface area (Å²) >= 11 is 3.36. The van der Waals surface area contributed by atoms with Crippen LogP contribution in [0.25, 0.3) is 0 Å². The first kappa shape index (κ1) is 12.6. The van der Waals surface area contributed by atoms with Crippen LogP contribution in [0.15, 0.2) is 29.0 Å². The zero-order valence-electron chi connectivity index (χ0n) is 9.89. The Morgan fingerprint density at radius 1 is 1.50 bits per heavy atom. The van der Waals surface area contributed by atoms with Crippen molar-refractivity contribution in [3.63, 3.8) is 0 Å². The van der Waals surface area contributed by atoms with Crippen molar-refractivity contribution in [2.45, 2.75) is 6.42 Å². The van der Waals surface area contributed by atoms with Gasteiger partial charge in [0.15, 0.2) is 0 Å². The summed E-state index contributed by atoms with van der Waals surface area (Å²) in [4.78, 5) is 0. The second kappa shape index (κ2) is 5.65. The summed E-state index contributed by atoms with van der Waals surface area (Å²) in [6.45, 7) is 0.769. The lowest BCUT2D eigenvalue weighted by molar-refractivity contribution is 0.788. The van der Waals surface area contributed by atoms with E-state index in [1.54, 1.807) is 12.4 Å². The first-order chi connectivity index (χ1) is 8.70. The van der Waals surface area contributed by atoms with Crippen LogP contribution < -0.4 is 5.32 Å². The van der Waals surface area contributed by atoms with Crippen LogP contribution in [0.5, 0.6) is 0 Å². The number of hydrogen-bond donors (Lipinski definition) is 1. The maximum atomic E-state index is 8.82. The van der Waals surface area contributed by atoms with Crippen LogP contribution in [0.4, 0.5) is 5.69 Å². The summed E-state index contributed by atoms with van der Waals surface area (Å²) in [5.41, 5.74) is 1.61. The van der Waals surface area contributed by atoms with E-state index in [-0.39, 0.29) is 0 Å². The fourth-order valence-electron chi connectivity index (χ4n) is 1.57. The van der Waals surface area contributed by atoms with Crippen LogP contribution in [-0.2, 0) is 13.5 Å². The molecule has 1 aromatic carbocycles.